The number of carbonyl (C=O) groups is 1. The molecule has 10 heteroatoms. The number of anilines is 1. The van der Waals surface area contributed by atoms with Gasteiger partial charge >= 0.3 is 0 Å². The predicted molar refractivity (Wildman–Crippen MR) is 160 cm³/mol. The maximum absolute atomic E-state index is 12.7. The van der Waals surface area contributed by atoms with Crippen LogP contribution in [-0.2, 0) is 14.8 Å². The van der Waals surface area contributed by atoms with Gasteiger partial charge in [-0.05, 0) is 98.1 Å². The standard InChI is InChI=1S/C29H34Cl2N4O3S/c1-39(37,38)33-23-4-6-28-24(17-23)25(18-32-28)22-10-12-34(13-11-22)19-21-8-14-35(15-9-21)29(36)7-3-20-2-5-26(30)27(31)16-20/h2-7,16-18,21-22,32-33H,8-15,19H2,1H3/b7-3+. The van der Waals surface area contributed by atoms with Gasteiger partial charge in [0.2, 0.25) is 15.9 Å². The van der Waals surface area contributed by atoms with Crippen LogP contribution in [0.5, 0.6) is 0 Å². The summed E-state index contributed by atoms with van der Waals surface area (Å²) in [5.74, 6) is 1.08. The first-order valence-corrected chi connectivity index (χ1v) is 16.0. The van der Waals surface area contributed by atoms with Gasteiger partial charge in [0.25, 0.3) is 0 Å². The van der Waals surface area contributed by atoms with Crippen LogP contribution in [0.15, 0.2) is 48.7 Å². The fraction of sp³-hybridized carbons (Fsp3) is 0.414. The molecule has 0 unspecified atom stereocenters. The quantitative estimate of drug-likeness (QED) is 0.332. The van der Waals surface area contributed by atoms with Gasteiger partial charge in [-0.25, -0.2) is 8.42 Å². The molecule has 0 aliphatic carbocycles. The predicted octanol–water partition coefficient (Wildman–Crippen LogP) is 5.98. The minimum Gasteiger partial charge on any atom is -0.361 e. The molecule has 0 bridgehead atoms. The van der Waals surface area contributed by atoms with Gasteiger partial charge in [-0.1, -0.05) is 29.3 Å². The molecule has 7 nitrogen and oxygen atoms in total. The van der Waals surface area contributed by atoms with E-state index in [4.69, 9.17) is 23.2 Å². The summed E-state index contributed by atoms with van der Waals surface area (Å²) in [7, 11) is -3.31. The van der Waals surface area contributed by atoms with E-state index in [1.807, 2.05) is 23.1 Å². The zero-order valence-corrected chi connectivity index (χ0v) is 24.3. The Morgan fingerprint density at radius 1 is 1.03 bits per heavy atom. The molecule has 3 aromatic rings. The van der Waals surface area contributed by atoms with Gasteiger partial charge < -0.3 is 14.8 Å². The molecular formula is C29H34Cl2N4O3S. The molecule has 0 saturated carbocycles. The number of benzene rings is 2. The van der Waals surface area contributed by atoms with E-state index in [0.717, 1.165) is 74.9 Å². The van der Waals surface area contributed by atoms with Gasteiger partial charge in [0.1, 0.15) is 0 Å². The van der Waals surface area contributed by atoms with E-state index in [0.29, 0.717) is 27.6 Å². The topological polar surface area (TPSA) is 85.5 Å². The van der Waals surface area contributed by atoms with E-state index in [9.17, 15) is 13.2 Å². The summed E-state index contributed by atoms with van der Waals surface area (Å²) in [6, 6.07) is 11.0. The number of aromatic nitrogens is 1. The normalized spacial score (nSPS) is 18.3. The molecule has 2 aliphatic rings. The van der Waals surface area contributed by atoms with Crippen LogP contribution in [-0.4, -0.2) is 68.1 Å². The minimum absolute atomic E-state index is 0.0361. The first-order chi connectivity index (χ1) is 18.6. The van der Waals surface area contributed by atoms with Crippen LogP contribution in [0.3, 0.4) is 0 Å². The first-order valence-electron chi connectivity index (χ1n) is 13.4. The molecule has 0 atom stereocenters. The Labute approximate surface area is 240 Å². The van der Waals surface area contributed by atoms with E-state index in [2.05, 4.69) is 20.8 Å². The Hall–Kier alpha value is -2.52. The van der Waals surface area contributed by atoms with E-state index in [1.54, 1.807) is 30.4 Å². The number of aromatic amines is 1. The molecule has 2 saturated heterocycles. The summed E-state index contributed by atoms with van der Waals surface area (Å²) in [5.41, 5.74) is 3.75. The Bertz CT molecular complexity index is 1470. The molecule has 0 radical (unpaired) electrons. The smallest absolute Gasteiger partial charge is 0.246 e. The number of piperidine rings is 2. The van der Waals surface area contributed by atoms with Crippen molar-refractivity contribution in [1.29, 1.82) is 0 Å². The number of hydrogen-bond donors (Lipinski definition) is 2. The van der Waals surface area contributed by atoms with Crippen molar-refractivity contribution in [1.82, 2.24) is 14.8 Å². The van der Waals surface area contributed by atoms with E-state index in [1.165, 1.54) is 11.8 Å². The number of fused-ring (bicyclic) bond motifs is 1. The van der Waals surface area contributed by atoms with Crippen LogP contribution < -0.4 is 4.72 Å². The highest BCUT2D eigenvalue weighted by Gasteiger charge is 2.27. The second-order valence-electron chi connectivity index (χ2n) is 10.7. The summed E-state index contributed by atoms with van der Waals surface area (Å²) in [6.07, 6.45) is 10.9. The third kappa shape index (κ3) is 7.17. The van der Waals surface area contributed by atoms with Gasteiger partial charge in [-0.15, -0.1) is 0 Å². The van der Waals surface area contributed by atoms with E-state index in [-0.39, 0.29) is 5.91 Å². The molecule has 2 aromatic carbocycles. The van der Waals surface area contributed by atoms with Crippen molar-refractivity contribution in [3.05, 3.63) is 69.8 Å². The van der Waals surface area contributed by atoms with Crippen molar-refractivity contribution in [2.24, 2.45) is 5.92 Å². The number of H-pyrrole nitrogens is 1. The van der Waals surface area contributed by atoms with Crippen molar-refractivity contribution in [2.45, 2.75) is 31.6 Å². The number of nitrogens with zero attached hydrogens (tertiary/aromatic N) is 2. The zero-order chi connectivity index (χ0) is 27.6. The Morgan fingerprint density at radius 3 is 2.46 bits per heavy atom. The first kappa shape index (κ1) is 28.0. The number of rotatable bonds is 7. The molecule has 0 spiro atoms. The highest BCUT2D eigenvalue weighted by molar-refractivity contribution is 7.92. The van der Waals surface area contributed by atoms with Crippen LogP contribution in [0.4, 0.5) is 5.69 Å². The summed E-state index contributed by atoms with van der Waals surface area (Å²) in [4.78, 5) is 20.5. The number of hydrogen-bond acceptors (Lipinski definition) is 4. The number of sulfonamides is 1. The average Bonchev–Trinajstić information content (AvgIpc) is 3.32. The van der Waals surface area contributed by atoms with Crippen molar-refractivity contribution in [3.8, 4) is 0 Å². The van der Waals surface area contributed by atoms with E-state index < -0.39 is 10.0 Å². The van der Waals surface area contributed by atoms with Gasteiger partial charge in [0.15, 0.2) is 0 Å². The van der Waals surface area contributed by atoms with Crippen LogP contribution >= 0.6 is 23.2 Å². The summed E-state index contributed by atoms with van der Waals surface area (Å²) >= 11 is 12.0. The van der Waals surface area contributed by atoms with Crippen molar-refractivity contribution in [3.63, 3.8) is 0 Å². The van der Waals surface area contributed by atoms with Gasteiger partial charge in [0, 0.05) is 48.5 Å². The molecule has 1 aromatic heterocycles. The highest BCUT2D eigenvalue weighted by Crippen LogP contribution is 2.35. The van der Waals surface area contributed by atoms with Gasteiger partial charge in [-0.3, -0.25) is 9.52 Å². The van der Waals surface area contributed by atoms with Crippen molar-refractivity contribution >= 4 is 61.8 Å². The third-order valence-electron chi connectivity index (χ3n) is 7.85. The molecular weight excluding hydrogens is 555 g/mol. The minimum atomic E-state index is -3.31. The molecule has 208 valence electrons. The lowest BCUT2D eigenvalue weighted by molar-refractivity contribution is -0.127. The average molecular weight is 590 g/mol. The van der Waals surface area contributed by atoms with Crippen LogP contribution in [0.1, 0.15) is 42.7 Å². The number of nitrogens with one attached hydrogen (secondary N) is 2. The number of amides is 1. The monoisotopic (exact) mass is 588 g/mol. The second kappa shape index (κ2) is 11.9. The van der Waals surface area contributed by atoms with Crippen LogP contribution in [0.2, 0.25) is 10.0 Å². The number of likely N-dealkylation sites (tertiary alicyclic amines) is 2. The number of halogens is 2. The summed E-state index contributed by atoms with van der Waals surface area (Å²) in [6.45, 7) is 4.73. The molecule has 39 heavy (non-hydrogen) atoms. The van der Waals surface area contributed by atoms with Crippen molar-refractivity contribution in [2.75, 3.05) is 43.7 Å². The molecule has 1 amide bonds. The second-order valence-corrected chi connectivity index (χ2v) is 13.3. The van der Waals surface area contributed by atoms with Gasteiger partial charge in [-0.2, -0.15) is 0 Å². The fourth-order valence-corrected chi connectivity index (χ4v) is 6.64. The third-order valence-corrected chi connectivity index (χ3v) is 9.19. The largest absolute Gasteiger partial charge is 0.361 e. The molecule has 5 rings (SSSR count). The summed E-state index contributed by atoms with van der Waals surface area (Å²) < 4.78 is 25.9. The highest BCUT2D eigenvalue weighted by atomic mass is 35.5. The Morgan fingerprint density at radius 2 is 1.77 bits per heavy atom. The Kier molecular flexibility index (Phi) is 8.57. The maximum atomic E-state index is 12.7. The fourth-order valence-electron chi connectivity index (χ4n) is 5.77. The lowest BCUT2D eigenvalue weighted by Crippen LogP contribution is -2.42. The van der Waals surface area contributed by atoms with E-state index >= 15 is 0 Å². The molecule has 2 N–H and O–H groups in total. The molecule has 2 fully saturated rings. The SMILES string of the molecule is CS(=O)(=O)Nc1ccc2[nH]cc(C3CCN(CC4CCN(C(=O)/C=C/c5ccc(Cl)c(Cl)c5)CC4)CC3)c2c1. The Balaban J connectivity index is 1.09. The van der Waals surface area contributed by atoms with Crippen molar-refractivity contribution < 1.29 is 13.2 Å². The molecule has 3 heterocycles. The molecule has 2 aliphatic heterocycles. The van der Waals surface area contributed by atoms with Crippen LogP contribution in [0, 0.1) is 5.92 Å². The zero-order valence-electron chi connectivity index (χ0n) is 22.0. The van der Waals surface area contributed by atoms with Crippen LogP contribution in [0.25, 0.3) is 17.0 Å². The maximum Gasteiger partial charge on any atom is 0.246 e. The lowest BCUT2D eigenvalue weighted by Gasteiger charge is -2.37. The summed E-state index contributed by atoms with van der Waals surface area (Å²) in [5, 5.41) is 2.07. The number of carbonyl (C=O) groups excluding carboxylic acids is 1. The van der Waals surface area contributed by atoms with Gasteiger partial charge in [0.05, 0.1) is 16.3 Å². The lowest BCUT2D eigenvalue weighted by atomic mass is 9.88.